The van der Waals surface area contributed by atoms with Gasteiger partial charge in [-0.05, 0) is 12.5 Å². The summed E-state index contributed by atoms with van der Waals surface area (Å²) in [6.45, 7) is 4.16. The Kier molecular flexibility index (Phi) is 3.77. The minimum Gasteiger partial charge on any atom is -0.354 e. The molecule has 16 heavy (non-hydrogen) atoms. The van der Waals surface area contributed by atoms with Gasteiger partial charge < -0.3 is 4.90 Å². The molecule has 0 N–H and O–H groups in total. The van der Waals surface area contributed by atoms with E-state index in [0.29, 0.717) is 0 Å². The second-order valence-electron chi connectivity index (χ2n) is 3.59. The number of alkyl halides is 1. The van der Waals surface area contributed by atoms with Gasteiger partial charge in [0.2, 0.25) is 0 Å². The van der Waals surface area contributed by atoms with Crippen molar-refractivity contribution in [2.24, 2.45) is 0 Å². The van der Waals surface area contributed by atoms with Crippen molar-refractivity contribution >= 4 is 27.3 Å². The number of aromatic nitrogens is 3. The third kappa shape index (κ3) is 2.19. The Morgan fingerprint density at radius 2 is 2.25 bits per heavy atom. The van der Waals surface area contributed by atoms with E-state index in [4.69, 9.17) is 0 Å². The molecule has 0 aliphatic rings. The van der Waals surface area contributed by atoms with Crippen molar-refractivity contribution in [2.75, 3.05) is 23.3 Å². The first-order chi connectivity index (χ1) is 7.86. The first-order valence-corrected chi connectivity index (χ1v) is 6.58. The van der Waals surface area contributed by atoms with E-state index >= 15 is 0 Å². The van der Waals surface area contributed by atoms with E-state index in [0.717, 1.165) is 36.2 Å². The maximum atomic E-state index is 4.46. The summed E-state index contributed by atoms with van der Waals surface area (Å²) in [4.78, 5) is 6.74. The van der Waals surface area contributed by atoms with Gasteiger partial charge in [-0.2, -0.15) is 5.10 Å². The van der Waals surface area contributed by atoms with Gasteiger partial charge in [0.05, 0.1) is 6.20 Å². The summed E-state index contributed by atoms with van der Waals surface area (Å²) in [6, 6.07) is 2.00. The quantitative estimate of drug-likeness (QED) is 0.790. The molecule has 0 fully saturated rings. The average Bonchev–Trinajstić information content (AvgIpc) is 2.76. The molecular weight excluding hydrogens is 268 g/mol. The zero-order valence-corrected chi connectivity index (χ0v) is 10.9. The molecule has 5 heteroatoms. The van der Waals surface area contributed by atoms with Crippen LogP contribution in [0.15, 0.2) is 24.7 Å². The third-order valence-corrected chi connectivity index (χ3v) is 2.81. The van der Waals surface area contributed by atoms with Crippen LogP contribution in [0.5, 0.6) is 0 Å². The van der Waals surface area contributed by atoms with Crippen LogP contribution in [0.4, 0.5) is 5.82 Å². The van der Waals surface area contributed by atoms with Crippen molar-refractivity contribution in [3.05, 3.63) is 24.7 Å². The molecule has 0 saturated heterocycles. The van der Waals surface area contributed by atoms with E-state index in [9.17, 15) is 0 Å². The number of rotatable bonds is 5. The molecule has 2 rings (SSSR count). The highest BCUT2D eigenvalue weighted by molar-refractivity contribution is 9.09. The summed E-state index contributed by atoms with van der Waals surface area (Å²) in [6.07, 6.45) is 6.59. The predicted molar refractivity (Wildman–Crippen MR) is 69.3 cm³/mol. The van der Waals surface area contributed by atoms with Gasteiger partial charge in [0.25, 0.3) is 0 Å². The summed E-state index contributed by atoms with van der Waals surface area (Å²) in [5.74, 6) is 1.02. The number of halogens is 1. The fourth-order valence-electron chi connectivity index (χ4n) is 1.78. The maximum absolute atomic E-state index is 4.46. The number of hydrogen-bond acceptors (Lipinski definition) is 3. The van der Waals surface area contributed by atoms with Crippen molar-refractivity contribution < 1.29 is 0 Å². The van der Waals surface area contributed by atoms with Gasteiger partial charge in [-0.1, -0.05) is 22.9 Å². The first kappa shape index (κ1) is 11.4. The van der Waals surface area contributed by atoms with E-state index in [1.54, 1.807) is 12.4 Å². The summed E-state index contributed by atoms with van der Waals surface area (Å²) in [5, 5.41) is 5.17. The summed E-state index contributed by atoms with van der Waals surface area (Å²) in [5.41, 5.74) is 1.07. The minimum absolute atomic E-state index is 0.948. The molecule has 0 bridgehead atoms. The molecule has 86 valence electrons. The van der Waals surface area contributed by atoms with Crippen LogP contribution < -0.4 is 4.90 Å². The highest BCUT2D eigenvalue weighted by Gasteiger charge is 2.10. The van der Waals surface area contributed by atoms with Gasteiger partial charge in [-0.25, -0.2) is 9.50 Å². The van der Waals surface area contributed by atoms with Crippen molar-refractivity contribution in [1.29, 1.82) is 0 Å². The highest BCUT2D eigenvalue weighted by Crippen LogP contribution is 2.18. The lowest BCUT2D eigenvalue weighted by atomic mass is 10.3. The van der Waals surface area contributed by atoms with Crippen LogP contribution in [0.3, 0.4) is 0 Å². The first-order valence-electron chi connectivity index (χ1n) is 5.46. The Morgan fingerprint density at radius 3 is 3.00 bits per heavy atom. The Balaban J connectivity index is 2.38. The fourth-order valence-corrected chi connectivity index (χ4v) is 2.21. The molecule has 0 aliphatic carbocycles. The molecule has 0 amide bonds. The third-order valence-electron chi connectivity index (χ3n) is 2.45. The lowest BCUT2D eigenvalue weighted by molar-refractivity contribution is 0.781. The number of fused-ring (bicyclic) bond motifs is 1. The van der Waals surface area contributed by atoms with E-state index in [2.05, 4.69) is 37.8 Å². The molecule has 0 unspecified atom stereocenters. The smallest absolute Gasteiger partial charge is 0.154 e. The van der Waals surface area contributed by atoms with Crippen molar-refractivity contribution in [3.8, 4) is 0 Å². The number of anilines is 1. The lowest BCUT2D eigenvalue weighted by Crippen LogP contribution is -2.27. The monoisotopic (exact) mass is 282 g/mol. The molecule has 0 aromatic carbocycles. The summed E-state index contributed by atoms with van der Waals surface area (Å²) >= 11 is 3.48. The van der Waals surface area contributed by atoms with Crippen molar-refractivity contribution in [3.63, 3.8) is 0 Å². The lowest BCUT2D eigenvalue weighted by Gasteiger charge is -2.22. The molecule has 0 spiro atoms. The van der Waals surface area contributed by atoms with E-state index in [-0.39, 0.29) is 0 Å². The second kappa shape index (κ2) is 5.30. The largest absolute Gasteiger partial charge is 0.354 e. The topological polar surface area (TPSA) is 33.4 Å². The van der Waals surface area contributed by atoms with Crippen LogP contribution in [-0.4, -0.2) is 33.0 Å². The molecule has 2 aromatic heterocycles. The molecule has 0 aliphatic heterocycles. The Labute approximate surface area is 103 Å². The average molecular weight is 283 g/mol. The maximum Gasteiger partial charge on any atom is 0.154 e. The zero-order valence-electron chi connectivity index (χ0n) is 9.30. The van der Waals surface area contributed by atoms with Crippen LogP contribution in [0.1, 0.15) is 13.3 Å². The molecule has 4 nitrogen and oxygen atoms in total. The number of hydrogen-bond donors (Lipinski definition) is 0. The van der Waals surface area contributed by atoms with Crippen LogP contribution >= 0.6 is 15.9 Å². The summed E-state index contributed by atoms with van der Waals surface area (Å²) in [7, 11) is 0. The van der Waals surface area contributed by atoms with Crippen LogP contribution in [0, 0.1) is 0 Å². The van der Waals surface area contributed by atoms with Gasteiger partial charge in [0.15, 0.2) is 5.82 Å². The Bertz CT molecular complexity index is 448. The zero-order chi connectivity index (χ0) is 11.4. The normalized spacial score (nSPS) is 10.9. The van der Waals surface area contributed by atoms with Crippen molar-refractivity contribution in [2.45, 2.75) is 13.3 Å². The molecule has 2 aromatic rings. The fraction of sp³-hybridized carbons (Fsp3) is 0.455. The molecule has 0 atom stereocenters. The van der Waals surface area contributed by atoms with Gasteiger partial charge in [-0.3, -0.25) is 0 Å². The van der Waals surface area contributed by atoms with Crippen molar-refractivity contribution in [1.82, 2.24) is 14.6 Å². The molecular formula is C11H15BrN4. The van der Waals surface area contributed by atoms with Gasteiger partial charge in [0, 0.05) is 30.8 Å². The van der Waals surface area contributed by atoms with Gasteiger partial charge in [-0.15, -0.1) is 0 Å². The van der Waals surface area contributed by atoms with E-state index < -0.39 is 0 Å². The summed E-state index contributed by atoms with van der Waals surface area (Å²) < 4.78 is 1.86. The SMILES string of the molecule is CCCN(CCBr)c1nccn2nccc12. The Morgan fingerprint density at radius 1 is 1.38 bits per heavy atom. The highest BCUT2D eigenvalue weighted by atomic mass is 79.9. The predicted octanol–water partition coefficient (Wildman–Crippen LogP) is 2.34. The van der Waals surface area contributed by atoms with E-state index in [1.807, 2.05) is 16.8 Å². The minimum atomic E-state index is 0.948. The molecule has 0 saturated carbocycles. The van der Waals surface area contributed by atoms with Crippen LogP contribution in [-0.2, 0) is 0 Å². The molecule has 0 radical (unpaired) electrons. The van der Waals surface area contributed by atoms with Gasteiger partial charge in [0.1, 0.15) is 5.52 Å². The van der Waals surface area contributed by atoms with Crippen LogP contribution in [0.2, 0.25) is 0 Å². The van der Waals surface area contributed by atoms with Crippen LogP contribution in [0.25, 0.3) is 5.52 Å². The van der Waals surface area contributed by atoms with Gasteiger partial charge >= 0.3 is 0 Å². The van der Waals surface area contributed by atoms with E-state index in [1.165, 1.54) is 0 Å². The standard InChI is InChI=1S/C11H15BrN4/c1-2-7-15(8-4-12)11-10-3-5-14-16(10)9-6-13-11/h3,5-6,9H,2,4,7-8H2,1H3. The number of nitrogens with zero attached hydrogens (tertiary/aromatic N) is 4. The Hall–Kier alpha value is -1.10. The second-order valence-corrected chi connectivity index (χ2v) is 4.38. The molecule has 2 heterocycles.